The summed E-state index contributed by atoms with van der Waals surface area (Å²) in [5.74, 6) is -0.326. The van der Waals surface area contributed by atoms with Crippen LogP contribution in [0.4, 0.5) is 4.39 Å². The van der Waals surface area contributed by atoms with E-state index in [1.807, 2.05) is 13.8 Å². The summed E-state index contributed by atoms with van der Waals surface area (Å²) in [5, 5.41) is 3.37. The van der Waals surface area contributed by atoms with Gasteiger partial charge in [0.2, 0.25) is 0 Å². The van der Waals surface area contributed by atoms with E-state index in [1.165, 1.54) is 12.3 Å². The monoisotopic (exact) mass is 256 g/mol. The quantitative estimate of drug-likeness (QED) is 0.760. The van der Waals surface area contributed by atoms with Crippen LogP contribution >= 0.6 is 0 Å². The average Bonchev–Trinajstić information content (AvgIpc) is 2.38. The molecule has 0 saturated heterocycles. The number of aromatic nitrogens is 1. The zero-order valence-corrected chi connectivity index (χ0v) is 11.3. The predicted octanol–water partition coefficient (Wildman–Crippen LogP) is 2.27. The molecule has 0 aliphatic carbocycles. The van der Waals surface area contributed by atoms with Crippen LogP contribution in [-0.4, -0.2) is 31.5 Å². The van der Waals surface area contributed by atoms with Crippen LogP contribution in [0, 0.1) is 5.82 Å². The first-order chi connectivity index (χ1) is 8.62. The Kier molecular flexibility index (Phi) is 6.18. The van der Waals surface area contributed by atoms with E-state index in [1.54, 1.807) is 20.3 Å². The molecule has 18 heavy (non-hydrogen) atoms. The SMILES string of the molecule is CCC(NC(C)C(OC)OC)c1ccc(F)cn1. The minimum atomic E-state index is -0.326. The highest BCUT2D eigenvalue weighted by Gasteiger charge is 2.20. The zero-order chi connectivity index (χ0) is 13.5. The van der Waals surface area contributed by atoms with Gasteiger partial charge in [-0.15, -0.1) is 0 Å². The smallest absolute Gasteiger partial charge is 0.171 e. The Morgan fingerprint density at radius 2 is 2.00 bits per heavy atom. The fourth-order valence-electron chi connectivity index (χ4n) is 1.91. The summed E-state index contributed by atoms with van der Waals surface area (Å²) in [6, 6.07) is 3.17. The second-order valence-corrected chi connectivity index (χ2v) is 4.16. The number of ether oxygens (including phenoxy) is 2. The Morgan fingerprint density at radius 3 is 2.44 bits per heavy atom. The molecule has 0 bridgehead atoms. The number of hydrogen-bond acceptors (Lipinski definition) is 4. The molecule has 0 aliphatic heterocycles. The molecule has 0 amide bonds. The second kappa shape index (κ2) is 7.41. The summed E-state index contributed by atoms with van der Waals surface area (Å²) < 4.78 is 23.2. The van der Waals surface area contributed by atoms with Gasteiger partial charge in [0.05, 0.1) is 17.9 Å². The molecule has 0 aliphatic rings. The highest BCUT2D eigenvalue weighted by molar-refractivity contribution is 5.10. The van der Waals surface area contributed by atoms with Crippen LogP contribution in [0.2, 0.25) is 0 Å². The lowest BCUT2D eigenvalue weighted by molar-refractivity contribution is -0.121. The Balaban J connectivity index is 2.69. The summed E-state index contributed by atoms with van der Waals surface area (Å²) >= 11 is 0. The van der Waals surface area contributed by atoms with Crippen LogP contribution in [0.25, 0.3) is 0 Å². The second-order valence-electron chi connectivity index (χ2n) is 4.16. The van der Waals surface area contributed by atoms with Crippen LogP contribution in [-0.2, 0) is 9.47 Å². The normalized spacial score (nSPS) is 14.8. The average molecular weight is 256 g/mol. The number of nitrogens with one attached hydrogen (secondary N) is 1. The van der Waals surface area contributed by atoms with Gasteiger partial charge in [0.15, 0.2) is 6.29 Å². The molecular formula is C13H21FN2O2. The third kappa shape index (κ3) is 4.01. The first-order valence-electron chi connectivity index (χ1n) is 6.05. The molecule has 2 unspecified atom stereocenters. The van der Waals surface area contributed by atoms with Gasteiger partial charge < -0.3 is 14.8 Å². The van der Waals surface area contributed by atoms with Crippen molar-refractivity contribution in [3.63, 3.8) is 0 Å². The van der Waals surface area contributed by atoms with E-state index >= 15 is 0 Å². The number of rotatable bonds is 7. The fraction of sp³-hybridized carbons (Fsp3) is 0.615. The molecule has 0 fully saturated rings. The minimum absolute atomic E-state index is 0.0109. The summed E-state index contributed by atoms with van der Waals surface area (Å²) in [6.45, 7) is 4.02. The minimum Gasteiger partial charge on any atom is -0.354 e. The molecule has 102 valence electrons. The van der Waals surface area contributed by atoms with Gasteiger partial charge in [-0.05, 0) is 25.5 Å². The largest absolute Gasteiger partial charge is 0.354 e. The molecule has 5 heteroatoms. The predicted molar refractivity (Wildman–Crippen MR) is 67.6 cm³/mol. The maximum absolute atomic E-state index is 12.8. The molecule has 1 aromatic heterocycles. The highest BCUT2D eigenvalue weighted by atomic mass is 19.1. The Bertz CT molecular complexity index is 341. The number of halogens is 1. The topological polar surface area (TPSA) is 43.4 Å². The lowest BCUT2D eigenvalue weighted by Gasteiger charge is -2.26. The van der Waals surface area contributed by atoms with E-state index in [0.29, 0.717) is 0 Å². The summed E-state index contributed by atoms with van der Waals surface area (Å²) in [4.78, 5) is 4.09. The molecule has 4 nitrogen and oxygen atoms in total. The van der Waals surface area contributed by atoms with Crippen LogP contribution < -0.4 is 5.32 Å². The van der Waals surface area contributed by atoms with Crippen LogP contribution in [0.15, 0.2) is 18.3 Å². The molecule has 1 rings (SSSR count). The van der Waals surface area contributed by atoms with E-state index in [9.17, 15) is 4.39 Å². The maximum atomic E-state index is 12.8. The van der Waals surface area contributed by atoms with E-state index in [0.717, 1.165) is 12.1 Å². The molecular weight excluding hydrogens is 235 g/mol. The van der Waals surface area contributed by atoms with Gasteiger partial charge in [-0.25, -0.2) is 4.39 Å². The van der Waals surface area contributed by atoms with Crippen molar-refractivity contribution in [3.8, 4) is 0 Å². The summed E-state index contributed by atoms with van der Waals surface area (Å²) in [7, 11) is 3.20. The standard InChI is InChI=1S/C13H21FN2O2/c1-5-11(12-7-6-10(14)8-15-12)16-9(2)13(17-3)18-4/h6-9,11,13,16H,5H2,1-4H3. The Morgan fingerprint density at radius 1 is 1.33 bits per heavy atom. The third-order valence-electron chi connectivity index (χ3n) is 2.85. The van der Waals surface area contributed by atoms with Gasteiger partial charge in [0.1, 0.15) is 5.82 Å². The van der Waals surface area contributed by atoms with E-state index in [-0.39, 0.29) is 24.2 Å². The first kappa shape index (κ1) is 15.0. The van der Waals surface area contributed by atoms with Crippen molar-refractivity contribution in [2.24, 2.45) is 0 Å². The van der Waals surface area contributed by atoms with Crippen LogP contribution in [0.1, 0.15) is 32.0 Å². The van der Waals surface area contributed by atoms with Crippen molar-refractivity contribution in [2.75, 3.05) is 14.2 Å². The molecule has 2 atom stereocenters. The first-order valence-corrected chi connectivity index (χ1v) is 6.05. The van der Waals surface area contributed by atoms with Crippen LogP contribution in [0.3, 0.4) is 0 Å². The van der Waals surface area contributed by atoms with Crippen molar-refractivity contribution < 1.29 is 13.9 Å². The molecule has 0 aromatic carbocycles. The van der Waals surface area contributed by atoms with E-state index < -0.39 is 0 Å². The molecule has 0 spiro atoms. The molecule has 1 aromatic rings. The lowest BCUT2D eigenvalue weighted by Crippen LogP contribution is -2.41. The molecule has 0 saturated carbocycles. The molecule has 1 N–H and O–H groups in total. The van der Waals surface area contributed by atoms with Crippen molar-refractivity contribution in [2.45, 2.75) is 38.6 Å². The fourth-order valence-corrected chi connectivity index (χ4v) is 1.91. The van der Waals surface area contributed by atoms with Gasteiger partial charge in [0, 0.05) is 20.3 Å². The third-order valence-corrected chi connectivity index (χ3v) is 2.85. The van der Waals surface area contributed by atoms with Crippen molar-refractivity contribution in [1.82, 2.24) is 10.3 Å². The number of hydrogen-bond donors (Lipinski definition) is 1. The summed E-state index contributed by atoms with van der Waals surface area (Å²) in [5.41, 5.74) is 0.816. The lowest BCUT2D eigenvalue weighted by atomic mass is 10.1. The zero-order valence-electron chi connectivity index (χ0n) is 11.3. The number of nitrogens with zero attached hydrogens (tertiary/aromatic N) is 1. The van der Waals surface area contributed by atoms with Crippen molar-refractivity contribution >= 4 is 0 Å². The molecule has 1 heterocycles. The van der Waals surface area contributed by atoms with Gasteiger partial charge in [0.25, 0.3) is 0 Å². The van der Waals surface area contributed by atoms with E-state index in [2.05, 4.69) is 10.3 Å². The Labute approximate surface area is 108 Å². The van der Waals surface area contributed by atoms with Gasteiger partial charge >= 0.3 is 0 Å². The van der Waals surface area contributed by atoms with Gasteiger partial charge in [-0.2, -0.15) is 0 Å². The van der Waals surface area contributed by atoms with Gasteiger partial charge in [-0.1, -0.05) is 6.92 Å². The van der Waals surface area contributed by atoms with Crippen molar-refractivity contribution in [1.29, 1.82) is 0 Å². The number of methoxy groups -OCH3 is 2. The van der Waals surface area contributed by atoms with Crippen molar-refractivity contribution in [3.05, 3.63) is 29.8 Å². The Hall–Kier alpha value is -1.04. The van der Waals surface area contributed by atoms with Crippen LogP contribution in [0.5, 0.6) is 0 Å². The van der Waals surface area contributed by atoms with E-state index in [4.69, 9.17) is 9.47 Å². The molecule has 0 radical (unpaired) electrons. The summed E-state index contributed by atoms with van der Waals surface area (Å²) in [6.07, 6.45) is 1.76. The highest BCUT2D eigenvalue weighted by Crippen LogP contribution is 2.16. The van der Waals surface area contributed by atoms with Gasteiger partial charge in [-0.3, -0.25) is 4.98 Å². The number of pyridine rings is 1. The maximum Gasteiger partial charge on any atom is 0.171 e.